The first-order valence-electron chi connectivity index (χ1n) is 6.81. The quantitative estimate of drug-likeness (QED) is 0.604. The molecule has 0 aliphatic rings. The molecule has 0 unspecified atom stereocenters. The fourth-order valence-corrected chi connectivity index (χ4v) is 2.60. The van der Waals surface area contributed by atoms with Gasteiger partial charge < -0.3 is 4.57 Å². The maximum absolute atomic E-state index is 2.26. The van der Waals surface area contributed by atoms with Crippen LogP contribution < -0.4 is 0 Å². The van der Waals surface area contributed by atoms with E-state index in [9.17, 15) is 0 Å². The molecular formula is C18H19N. The van der Waals surface area contributed by atoms with Gasteiger partial charge in [-0.15, -0.1) is 0 Å². The van der Waals surface area contributed by atoms with Crippen LogP contribution in [0.4, 0.5) is 0 Å². The van der Waals surface area contributed by atoms with Crippen LogP contribution in [0.5, 0.6) is 0 Å². The minimum absolute atomic E-state index is 0.585. The Balaban J connectivity index is 2.11. The van der Waals surface area contributed by atoms with E-state index in [2.05, 4.69) is 80.1 Å². The molecule has 0 bridgehead atoms. The van der Waals surface area contributed by atoms with Crippen LogP contribution >= 0.6 is 0 Å². The van der Waals surface area contributed by atoms with Crippen molar-refractivity contribution in [3.05, 3.63) is 60.2 Å². The minimum atomic E-state index is 0.585. The third-order valence-corrected chi connectivity index (χ3v) is 3.82. The molecule has 0 saturated carbocycles. The van der Waals surface area contributed by atoms with E-state index in [1.54, 1.807) is 0 Å². The second kappa shape index (κ2) is 4.58. The van der Waals surface area contributed by atoms with Gasteiger partial charge in [-0.25, -0.2) is 0 Å². The van der Waals surface area contributed by atoms with Gasteiger partial charge in [0.05, 0.1) is 0 Å². The van der Waals surface area contributed by atoms with Crippen LogP contribution in [-0.2, 0) is 7.05 Å². The van der Waals surface area contributed by atoms with Crippen LogP contribution in [0.15, 0.2) is 54.6 Å². The zero-order valence-electron chi connectivity index (χ0n) is 11.7. The number of para-hydroxylation sites is 1. The molecule has 0 radical (unpaired) electrons. The first-order chi connectivity index (χ1) is 9.16. The van der Waals surface area contributed by atoms with Crippen molar-refractivity contribution in [3.63, 3.8) is 0 Å². The number of rotatable bonds is 2. The molecule has 0 N–H and O–H groups in total. The molecule has 0 amide bonds. The second-order valence-electron chi connectivity index (χ2n) is 5.42. The average molecular weight is 249 g/mol. The number of fused-ring (bicyclic) bond motifs is 1. The molecule has 19 heavy (non-hydrogen) atoms. The van der Waals surface area contributed by atoms with Crippen LogP contribution in [-0.4, -0.2) is 4.57 Å². The standard InChI is InChI=1S/C18H19N/c1-13(2)14-8-10-15(11-9-14)18-12-16-6-4-5-7-17(16)19(18)3/h4-13H,1-3H3. The Bertz CT molecular complexity index is 702. The molecule has 0 spiro atoms. The highest BCUT2D eigenvalue weighted by atomic mass is 14.9. The van der Waals surface area contributed by atoms with Gasteiger partial charge in [0.1, 0.15) is 0 Å². The van der Waals surface area contributed by atoms with Crippen molar-refractivity contribution in [1.82, 2.24) is 4.57 Å². The summed E-state index contributed by atoms with van der Waals surface area (Å²) in [7, 11) is 2.13. The Morgan fingerprint density at radius 2 is 1.58 bits per heavy atom. The summed E-state index contributed by atoms with van der Waals surface area (Å²) in [4.78, 5) is 0. The van der Waals surface area contributed by atoms with Crippen molar-refractivity contribution in [2.75, 3.05) is 0 Å². The lowest BCUT2D eigenvalue weighted by atomic mass is 10.0. The second-order valence-corrected chi connectivity index (χ2v) is 5.42. The summed E-state index contributed by atoms with van der Waals surface area (Å²) in [5.41, 5.74) is 5.23. The van der Waals surface area contributed by atoms with Crippen molar-refractivity contribution >= 4 is 10.9 Å². The zero-order valence-corrected chi connectivity index (χ0v) is 11.7. The molecule has 96 valence electrons. The Kier molecular flexibility index (Phi) is 2.90. The summed E-state index contributed by atoms with van der Waals surface area (Å²) in [6.07, 6.45) is 0. The maximum Gasteiger partial charge on any atom is 0.0488 e. The van der Waals surface area contributed by atoms with Gasteiger partial charge in [-0.1, -0.05) is 56.3 Å². The first-order valence-corrected chi connectivity index (χ1v) is 6.81. The highest BCUT2D eigenvalue weighted by Crippen LogP contribution is 2.28. The fraction of sp³-hybridized carbons (Fsp3) is 0.222. The molecule has 0 fully saturated rings. The van der Waals surface area contributed by atoms with Gasteiger partial charge >= 0.3 is 0 Å². The maximum atomic E-state index is 2.26. The molecular weight excluding hydrogens is 230 g/mol. The monoisotopic (exact) mass is 249 g/mol. The third kappa shape index (κ3) is 2.06. The molecule has 0 atom stereocenters. The van der Waals surface area contributed by atoms with Crippen LogP contribution in [0.1, 0.15) is 25.3 Å². The number of aromatic nitrogens is 1. The SMILES string of the molecule is CC(C)c1ccc(-c2cc3ccccc3n2C)cc1. The van der Waals surface area contributed by atoms with E-state index in [0.29, 0.717) is 5.92 Å². The molecule has 3 aromatic rings. The van der Waals surface area contributed by atoms with Crippen LogP contribution in [0.2, 0.25) is 0 Å². The molecule has 0 saturated heterocycles. The van der Waals surface area contributed by atoms with E-state index >= 15 is 0 Å². The molecule has 3 rings (SSSR count). The summed E-state index contributed by atoms with van der Waals surface area (Å²) in [6.45, 7) is 4.46. The van der Waals surface area contributed by atoms with Gasteiger partial charge in [0.25, 0.3) is 0 Å². The van der Waals surface area contributed by atoms with Crippen molar-refractivity contribution in [2.45, 2.75) is 19.8 Å². The molecule has 0 aliphatic carbocycles. The fourth-order valence-electron chi connectivity index (χ4n) is 2.60. The number of aryl methyl sites for hydroxylation is 1. The number of hydrogen-bond donors (Lipinski definition) is 0. The van der Waals surface area contributed by atoms with Gasteiger partial charge in [0.15, 0.2) is 0 Å². The lowest BCUT2D eigenvalue weighted by Crippen LogP contribution is -1.92. The topological polar surface area (TPSA) is 4.93 Å². The minimum Gasteiger partial charge on any atom is -0.344 e. The Morgan fingerprint density at radius 1 is 0.895 bits per heavy atom. The smallest absolute Gasteiger partial charge is 0.0488 e. The van der Waals surface area contributed by atoms with Crippen molar-refractivity contribution in [3.8, 4) is 11.3 Å². The molecule has 1 aromatic heterocycles. The molecule has 1 heteroatoms. The van der Waals surface area contributed by atoms with Crippen molar-refractivity contribution in [1.29, 1.82) is 0 Å². The Morgan fingerprint density at radius 3 is 2.21 bits per heavy atom. The van der Waals surface area contributed by atoms with Crippen molar-refractivity contribution in [2.24, 2.45) is 7.05 Å². The van der Waals surface area contributed by atoms with Crippen LogP contribution in [0.3, 0.4) is 0 Å². The molecule has 2 aromatic carbocycles. The van der Waals surface area contributed by atoms with Gasteiger partial charge in [0, 0.05) is 23.6 Å². The highest BCUT2D eigenvalue weighted by Gasteiger charge is 2.07. The third-order valence-electron chi connectivity index (χ3n) is 3.82. The van der Waals surface area contributed by atoms with Crippen LogP contribution in [0.25, 0.3) is 22.2 Å². The first kappa shape index (κ1) is 12.0. The molecule has 1 nitrogen and oxygen atoms in total. The number of benzene rings is 2. The summed E-state index contributed by atoms with van der Waals surface area (Å²) >= 11 is 0. The van der Waals surface area contributed by atoms with E-state index < -0.39 is 0 Å². The van der Waals surface area contributed by atoms with E-state index in [1.165, 1.54) is 27.7 Å². The molecule has 1 heterocycles. The van der Waals surface area contributed by atoms with E-state index in [-0.39, 0.29) is 0 Å². The normalized spacial score (nSPS) is 11.4. The lowest BCUT2D eigenvalue weighted by Gasteiger charge is -2.08. The van der Waals surface area contributed by atoms with E-state index in [0.717, 1.165) is 0 Å². The Labute approximate surface area is 114 Å². The predicted octanol–water partition coefficient (Wildman–Crippen LogP) is 4.97. The summed E-state index contributed by atoms with van der Waals surface area (Å²) < 4.78 is 2.26. The largest absolute Gasteiger partial charge is 0.344 e. The van der Waals surface area contributed by atoms with E-state index in [1.807, 2.05) is 0 Å². The van der Waals surface area contributed by atoms with Gasteiger partial charge in [-0.05, 0) is 29.2 Å². The summed E-state index contributed by atoms with van der Waals surface area (Å²) in [6, 6.07) is 19.7. The average Bonchev–Trinajstić information content (AvgIpc) is 2.77. The number of hydrogen-bond acceptors (Lipinski definition) is 0. The zero-order chi connectivity index (χ0) is 13.4. The summed E-state index contributed by atoms with van der Waals surface area (Å²) in [5.74, 6) is 0.585. The highest BCUT2D eigenvalue weighted by molar-refractivity contribution is 5.86. The van der Waals surface area contributed by atoms with E-state index in [4.69, 9.17) is 0 Å². The molecule has 0 aliphatic heterocycles. The van der Waals surface area contributed by atoms with Gasteiger partial charge in [-0.3, -0.25) is 0 Å². The Hall–Kier alpha value is -2.02. The predicted molar refractivity (Wildman–Crippen MR) is 82.4 cm³/mol. The summed E-state index contributed by atoms with van der Waals surface area (Å²) in [5, 5.41) is 1.30. The van der Waals surface area contributed by atoms with Gasteiger partial charge in [-0.2, -0.15) is 0 Å². The van der Waals surface area contributed by atoms with Gasteiger partial charge in [0.2, 0.25) is 0 Å². The van der Waals surface area contributed by atoms with Crippen molar-refractivity contribution < 1.29 is 0 Å². The lowest BCUT2D eigenvalue weighted by molar-refractivity contribution is 0.866. The van der Waals surface area contributed by atoms with Crippen LogP contribution in [0, 0.1) is 0 Å². The number of nitrogens with zero attached hydrogens (tertiary/aromatic N) is 1.